The molecule has 0 atom stereocenters. The summed E-state index contributed by atoms with van der Waals surface area (Å²) in [5, 5.41) is -0.00381. The van der Waals surface area contributed by atoms with Gasteiger partial charge in [0.15, 0.2) is 11.6 Å². The number of carbonyl (C=O) groups is 2. The molecule has 3 aromatic heterocycles. The van der Waals surface area contributed by atoms with Gasteiger partial charge in [0.2, 0.25) is 5.95 Å². The zero-order valence-corrected chi connectivity index (χ0v) is 23.9. The highest BCUT2D eigenvalue weighted by Crippen LogP contribution is 2.42. The molecule has 3 aromatic rings. The third-order valence-corrected chi connectivity index (χ3v) is 7.94. The van der Waals surface area contributed by atoms with Crippen LogP contribution in [0.4, 0.5) is 24.9 Å². The molecule has 0 spiro atoms. The number of amides is 1. The molecule has 14 heteroatoms. The van der Waals surface area contributed by atoms with Crippen molar-refractivity contribution in [3.05, 3.63) is 57.3 Å². The molecule has 1 saturated heterocycles. The summed E-state index contributed by atoms with van der Waals surface area (Å²) in [6.07, 6.45) is 0.439. The SMILES string of the molecule is COc1c(C)cnc(CN2C(=O)/C(=C\c3cc(C(=O)CN4CCC(C(F)(F)F)CC4)c[nH]3)c3c(Cl)nc(N)nc32)c1C. The van der Waals surface area contributed by atoms with E-state index in [0.717, 1.165) is 11.1 Å². The predicted molar refractivity (Wildman–Crippen MR) is 151 cm³/mol. The first-order valence-electron chi connectivity index (χ1n) is 13.2. The Bertz CT molecular complexity index is 1580. The molecule has 0 aromatic carbocycles. The fraction of sp³-hybridized carbons (Fsp3) is 0.393. The van der Waals surface area contributed by atoms with Crippen molar-refractivity contribution in [2.75, 3.05) is 37.4 Å². The average Bonchev–Trinajstić information content (AvgIpc) is 3.49. The van der Waals surface area contributed by atoms with Gasteiger partial charge in [-0.3, -0.25) is 24.4 Å². The Kier molecular flexibility index (Phi) is 7.99. The van der Waals surface area contributed by atoms with Crippen LogP contribution >= 0.6 is 11.6 Å². The second kappa shape index (κ2) is 11.4. The Morgan fingerprint density at radius 1 is 1.26 bits per heavy atom. The zero-order chi connectivity index (χ0) is 30.3. The standard InChI is InChI=1S/C28H29ClF3N7O3/c1-14-10-35-20(15(2)23(14)42-3)12-39-25-22(24(29)36-27(33)37-25)19(26(39)41)9-18-8-16(11-34-18)21(40)13-38-6-4-17(5-7-38)28(30,31)32/h8-11,17,34H,4-7,12-13H2,1-3H3,(H2,33,36,37)/b19-9-. The van der Waals surface area contributed by atoms with Crippen LogP contribution < -0.4 is 15.4 Å². The van der Waals surface area contributed by atoms with Gasteiger partial charge in [0, 0.05) is 34.8 Å². The Morgan fingerprint density at radius 2 is 1.98 bits per heavy atom. The van der Waals surface area contributed by atoms with E-state index in [-0.39, 0.29) is 67.3 Å². The highest BCUT2D eigenvalue weighted by atomic mass is 35.5. The summed E-state index contributed by atoms with van der Waals surface area (Å²) in [6, 6.07) is 1.58. The zero-order valence-electron chi connectivity index (χ0n) is 23.2. The fourth-order valence-electron chi connectivity index (χ4n) is 5.40. The van der Waals surface area contributed by atoms with E-state index in [2.05, 4.69) is 19.9 Å². The summed E-state index contributed by atoms with van der Waals surface area (Å²) in [5.41, 5.74) is 9.36. The number of piperidine rings is 1. The minimum atomic E-state index is -4.22. The number of aromatic nitrogens is 4. The highest BCUT2D eigenvalue weighted by molar-refractivity contribution is 6.41. The molecule has 3 N–H and O–H groups in total. The van der Waals surface area contributed by atoms with Crippen molar-refractivity contribution in [3.63, 3.8) is 0 Å². The van der Waals surface area contributed by atoms with Crippen LogP contribution in [0, 0.1) is 19.8 Å². The third kappa shape index (κ3) is 5.71. The number of fused-ring (bicyclic) bond motifs is 1. The van der Waals surface area contributed by atoms with E-state index in [9.17, 15) is 22.8 Å². The van der Waals surface area contributed by atoms with Crippen LogP contribution in [-0.2, 0) is 11.3 Å². The number of pyridine rings is 1. The summed E-state index contributed by atoms with van der Waals surface area (Å²) in [6.45, 7) is 4.18. The van der Waals surface area contributed by atoms with Gasteiger partial charge in [-0.1, -0.05) is 11.6 Å². The Hall–Kier alpha value is -3.97. The molecule has 1 fully saturated rings. The number of rotatable bonds is 7. The molecule has 2 aliphatic heterocycles. The number of Topliss-reactive ketones (excluding diaryl/α,β-unsaturated/α-hetero) is 1. The maximum atomic E-state index is 13.7. The van der Waals surface area contributed by atoms with E-state index in [1.54, 1.807) is 30.3 Å². The lowest BCUT2D eigenvalue weighted by molar-refractivity contribution is -0.184. The van der Waals surface area contributed by atoms with Gasteiger partial charge >= 0.3 is 6.18 Å². The number of ketones is 1. The number of carbonyl (C=O) groups excluding carboxylic acids is 2. The Morgan fingerprint density at radius 3 is 2.64 bits per heavy atom. The summed E-state index contributed by atoms with van der Waals surface area (Å²) in [5.74, 6) is -1.20. The van der Waals surface area contributed by atoms with E-state index >= 15 is 0 Å². The van der Waals surface area contributed by atoms with Crippen LogP contribution in [0.15, 0.2) is 18.5 Å². The number of aryl methyl sites for hydroxylation is 1. The molecule has 0 aliphatic carbocycles. The number of H-pyrrole nitrogens is 1. The maximum absolute atomic E-state index is 13.7. The minimum Gasteiger partial charge on any atom is -0.496 e. The van der Waals surface area contributed by atoms with E-state index in [4.69, 9.17) is 22.1 Å². The van der Waals surface area contributed by atoms with Crippen molar-refractivity contribution < 1.29 is 27.5 Å². The highest BCUT2D eigenvalue weighted by Gasteiger charge is 2.41. The van der Waals surface area contributed by atoms with E-state index in [0.29, 0.717) is 28.3 Å². The van der Waals surface area contributed by atoms with Crippen LogP contribution in [-0.4, -0.2) is 69.4 Å². The number of alkyl halides is 3. The molecule has 5 heterocycles. The van der Waals surface area contributed by atoms with E-state index in [1.165, 1.54) is 11.1 Å². The van der Waals surface area contributed by atoms with Gasteiger partial charge in [-0.2, -0.15) is 18.2 Å². The number of nitrogens with two attached hydrogens (primary N) is 1. The molecular weight excluding hydrogens is 575 g/mol. The number of aromatic amines is 1. The van der Waals surface area contributed by atoms with Gasteiger partial charge in [0.1, 0.15) is 10.9 Å². The molecule has 0 unspecified atom stereocenters. The minimum absolute atomic E-state index is 0.000702. The molecule has 0 saturated carbocycles. The molecule has 0 radical (unpaired) electrons. The number of hydrogen-bond acceptors (Lipinski definition) is 8. The quantitative estimate of drug-likeness (QED) is 0.228. The molecule has 42 heavy (non-hydrogen) atoms. The summed E-state index contributed by atoms with van der Waals surface area (Å²) >= 11 is 6.45. The molecule has 2 aliphatic rings. The number of nitrogens with zero attached hydrogens (tertiary/aromatic N) is 5. The van der Waals surface area contributed by atoms with Crippen molar-refractivity contribution >= 4 is 46.7 Å². The van der Waals surface area contributed by atoms with E-state index < -0.39 is 18.0 Å². The average molecular weight is 604 g/mol. The van der Waals surface area contributed by atoms with Crippen LogP contribution in [0.5, 0.6) is 5.75 Å². The third-order valence-electron chi connectivity index (χ3n) is 7.67. The molecule has 222 valence electrons. The van der Waals surface area contributed by atoms with Crippen LogP contribution in [0.3, 0.4) is 0 Å². The largest absolute Gasteiger partial charge is 0.496 e. The van der Waals surface area contributed by atoms with Gasteiger partial charge in [-0.25, -0.2) is 4.98 Å². The van der Waals surface area contributed by atoms with Gasteiger partial charge in [-0.05, 0) is 51.9 Å². The smallest absolute Gasteiger partial charge is 0.391 e. The number of halogens is 4. The van der Waals surface area contributed by atoms with E-state index in [1.807, 2.05) is 13.8 Å². The monoisotopic (exact) mass is 603 g/mol. The van der Waals surface area contributed by atoms with Crippen LogP contribution in [0.2, 0.25) is 5.15 Å². The number of likely N-dealkylation sites (tertiary alicyclic amines) is 1. The molecule has 10 nitrogen and oxygen atoms in total. The van der Waals surface area contributed by atoms with Gasteiger partial charge < -0.3 is 15.5 Å². The molecular formula is C28H29ClF3N7O3. The summed E-state index contributed by atoms with van der Waals surface area (Å²) in [7, 11) is 1.56. The first-order valence-corrected chi connectivity index (χ1v) is 13.6. The lowest BCUT2D eigenvalue weighted by Crippen LogP contribution is -2.41. The lowest BCUT2D eigenvalue weighted by atomic mass is 9.96. The topological polar surface area (TPSA) is 130 Å². The number of methoxy groups -OCH3 is 1. The van der Waals surface area contributed by atoms with Crippen molar-refractivity contribution in [3.8, 4) is 5.75 Å². The van der Waals surface area contributed by atoms with Crippen LogP contribution in [0.1, 0.15) is 51.3 Å². The maximum Gasteiger partial charge on any atom is 0.391 e. The van der Waals surface area contributed by atoms with Crippen molar-refractivity contribution in [1.29, 1.82) is 0 Å². The lowest BCUT2D eigenvalue weighted by Gasteiger charge is -2.32. The van der Waals surface area contributed by atoms with Gasteiger partial charge in [0.05, 0.1) is 42.9 Å². The number of ether oxygens (including phenoxy) is 1. The number of hydrogen-bond donors (Lipinski definition) is 2. The molecule has 1 amide bonds. The van der Waals surface area contributed by atoms with Crippen molar-refractivity contribution in [1.82, 2.24) is 24.8 Å². The van der Waals surface area contributed by atoms with Gasteiger partial charge in [-0.15, -0.1) is 0 Å². The predicted octanol–water partition coefficient (Wildman–Crippen LogP) is 4.61. The number of anilines is 2. The first kappa shape index (κ1) is 29.5. The summed E-state index contributed by atoms with van der Waals surface area (Å²) < 4.78 is 44.4. The van der Waals surface area contributed by atoms with Crippen LogP contribution in [0.25, 0.3) is 11.6 Å². The number of nitrogens with one attached hydrogen (secondary N) is 1. The first-order chi connectivity index (χ1) is 19.9. The normalized spacial score (nSPS) is 17.3. The second-order valence-corrected chi connectivity index (χ2v) is 10.8. The second-order valence-electron chi connectivity index (χ2n) is 10.4. The van der Waals surface area contributed by atoms with Crippen molar-refractivity contribution in [2.24, 2.45) is 5.92 Å². The molecule has 0 bridgehead atoms. The fourth-order valence-corrected chi connectivity index (χ4v) is 5.67. The Balaban J connectivity index is 1.38. The summed E-state index contributed by atoms with van der Waals surface area (Å²) in [4.78, 5) is 45.6. The Labute approximate surface area is 244 Å². The van der Waals surface area contributed by atoms with Gasteiger partial charge in [0.25, 0.3) is 5.91 Å². The number of nitrogen functional groups attached to an aromatic ring is 1. The molecule has 5 rings (SSSR count). The van der Waals surface area contributed by atoms with Crippen molar-refractivity contribution in [2.45, 2.75) is 39.4 Å².